The van der Waals surface area contributed by atoms with E-state index in [1.54, 1.807) is 20.8 Å². The molecule has 1 aromatic carbocycles. The zero-order chi connectivity index (χ0) is 19.0. The van der Waals surface area contributed by atoms with E-state index in [0.29, 0.717) is 5.56 Å². The van der Waals surface area contributed by atoms with Crippen LogP contribution in [-0.4, -0.2) is 23.6 Å². The van der Waals surface area contributed by atoms with Crippen LogP contribution in [0.2, 0.25) is 0 Å². The second-order valence-electron chi connectivity index (χ2n) is 6.81. The van der Waals surface area contributed by atoms with Gasteiger partial charge in [0.1, 0.15) is 6.10 Å². The van der Waals surface area contributed by atoms with Gasteiger partial charge in [-0.1, -0.05) is 39.5 Å². The fraction of sp³-hybridized carbons (Fsp3) is 0.471. The third kappa shape index (κ3) is 4.19. The maximum atomic E-state index is 13.4. The molecule has 0 fully saturated rings. The minimum Gasteiger partial charge on any atom is -0.446 e. The summed E-state index contributed by atoms with van der Waals surface area (Å²) in [4.78, 5) is 11.1. The standard InChI is InChI=1S/C17H21F2NO5/c1-5-9-6-7-11-14(25-17(18,19)24-11)13(9)10(21)8-12(16(2,3)4)23-15(20)22/h5-7,10,12,21H,1,8H2,2-4H3,(H2,20,22). The van der Waals surface area contributed by atoms with Crippen LogP contribution < -0.4 is 15.2 Å². The number of carbonyl (C=O) groups is 1. The SMILES string of the molecule is C=Cc1ccc2c(c1C(O)CC(OC(N)=O)C(C)(C)C)OC(F)(F)O2. The molecule has 1 aliphatic heterocycles. The number of hydrogen-bond acceptors (Lipinski definition) is 5. The van der Waals surface area contributed by atoms with E-state index < -0.39 is 30.0 Å². The zero-order valence-corrected chi connectivity index (χ0v) is 14.2. The molecule has 138 valence electrons. The average Bonchev–Trinajstić information content (AvgIpc) is 2.77. The van der Waals surface area contributed by atoms with Gasteiger partial charge in [-0.2, -0.15) is 0 Å². The maximum absolute atomic E-state index is 13.4. The smallest absolute Gasteiger partial charge is 0.446 e. The topological polar surface area (TPSA) is 91.0 Å². The maximum Gasteiger partial charge on any atom is 0.586 e. The highest BCUT2D eigenvalue weighted by Gasteiger charge is 2.46. The molecule has 1 aliphatic rings. The normalized spacial score (nSPS) is 17.7. The van der Waals surface area contributed by atoms with Crippen LogP contribution in [0.15, 0.2) is 18.7 Å². The molecule has 3 N–H and O–H groups in total. The number of benzene rings is 1. The van der Waals surface area contributed by atoms with Crippen molar-refractivity contribution >= 4 is 12.2 Å². The second kappa shape index (κ2) is 6.51. The molecule has 25 heavy (non-hydrogen) atoms. The van der Waals surface area contributed by atoms with Gasteiger partial charge in [-0.05, 0) is 17.0 Å². The van der Waals surface area contributed by atoms with Gasteiger partial charge in [0, 0.05) is 12.0 Å². The van der Waals surface area contributed by atoms with Crippen LogP contribution in [-0.2, 0) is 4.74 Å². The van der Waals surface area contributed by atoms with Crippen molar-refractivity contribution in [1.29, 1.82) is 0 Å². The Kier molecular flexibility index (Phi) is 4.94. The van der Waals surface area contributed by atoms with Crippen molar-refractivity contribution in [3.05, 3.63) is 29.8 Å². The first kappa shape index (κ1) is 19.0. The molecule has 1 aromatic rings. The predicted molar refractivity (Wildman–Crippen MR) is 86.2 cm³/mol. The number of carbonyl (C=O) groups excluding carboxylic acids is 1. The number of fused-ring (bicyclic) bond motifs is 1. The number of aliphatic hydroxyl groups excluding tert-OH is 1. The van der Waals surface area contributed by atoms with Gasteiger partial charge in [0.2, 0.25) is 0 Å². The molecule has 2 unspecified atom stereocenters. The number of halogens is 2. The van der Waals surface area contributed by atoms with Crippen LogP contribution in [0.25, 0.3) is 6.08 Å². The Hall–Kier alpha value is -2.35. The van der Waals surface area contributed by atoms with Crippen LogP contribution >= 0.6 is 0 Å². The summed E-state index contributed by atoms with van der Waals surface area (Å²) >= 11 is 0. The lowest BCUT2D eigenvalue weighted by atomic mass is 9.83. The molecule has 0 radical (unpaired) electrons. The molecule has 0 saturated carbocycles. The Morgan fingerprint density at radius 1 is 1.44 bits per heavy atom. The van der Waals surface area contributed by atoms with Crippen molar-refractivity contribution < 1.29 is 32.9 Å². The number of aliphatic hydroxyl groups is 1. The van der Waals surface area contributed by atoms with Gasteiger partial charge in [-0.15, -0.1) is 8.78 Å². The van der Waals surface area contributed by atoms with Crippen LogP contribution in [0.5, 0.6) is 11.5 Å². The lowest BCUT2D eigenvalue weighted by Crippen LogP contribution is -2.35. The molecule has 0 aromatic heterocycles. The Bertz CT molecular complexity index is 684. The number of ether oxygens (including phenoxy) is 3. The summed E-state index contributed by atoms with van der Waals surface area (Å²) < 4.78 is 40.8. The first-order valence-corrected chi connectivity index (χ1v) is 7.64. The van der Waals surface area contributed by atoms with Crippen molar-refractivity contribution in [2.75, 3.05) is 0 Å². The third-order valence-corrected chi connectivity index (χ3v) is 3.86. The van der Waals surface area contributed by atoms with E-state index in [4.69, 9.17) is 10.5 Å². The minimum atomic E-state index is -3.82. The Morgan fingerprint density at radius 2 is 2.08 bits per heavy atom. The van der Waals surface area contributed by atoms with Gasteiger partial charge >= 0.3 is 12.4 Å². The van der Waals surface area contributed by atoms with E-state index in [-0.39, 0.29) is 23.5 Å². The molecule has 0 spiro atoms. The van der Waals surface area contributed by atoms with Crippen molar-refractivity contribution in [3.63, 3.8) is 0 Å². The van der Waals surface area contributed by atoms with Gasteiger partial charge in [-0.25, -0.2) is 4.79 Å². The summed E-state index contributed by atoms with van der Waals surface area (Å²) in [6.07, 6.45) is -5.50. The third-order valence-electron chi connectivity index (χ3n) is 3.86. The number of amides is 1. The highest BCUT2D eigenvalue weighted by Crippen LogP contribution is 2.48. The molecule has 1 amide bonds. The number of nitrogens with two attached hydrogens (primary N) is 1. The van der Waals surface area contributed by atoms with Crippen molar-refractivity contribution in [2.45, 2.75) is 45.7 Å². The van der Waals surface area contributed by atoms with Crippen LogP contribution in [0.3, 0.4) is 0 Å². The van der Waals surface area contributed by atoms with Crippen molar-refractivity contribution in [2.24, 2.45) is 11.1 Å². The van der Waals surface area contributed by atoms with Crippen LogP contribution in [0.4, 0.5) is 13.6 Å². The number of hydrogen-bond donors (Lipinski definition) is 2. The number of rotatable bonds is 5. The Labute approximate surface area is 144 Å². The molecule has 0 bridgehead atoms. The average molecular weight is 357 g/mol. The summed E-state index contributed by atoms with van der Waals surface area (Å²) in [6.45, 7) is 9.00. The van der Waals surface area contributed by atoms with E-state index in [0.717, 1.165) is 0 Å². The van der Waals surface area contributed by atoms with Crippen molar-refractivity contribution in [1.82, 2.24) is 0 Å². The largest absolute Gasteiger partial charge is 0.586 e. The fourth-order valence-corrected chi connectivity index (χ4v) is 2.61. The predicted octanol–water partition coefficient (Wildman–Crippen LogP) is 3.58. The second-order valence-corrected chi connectivity index (χ2v) is 6.81. The van der Waals surface area contributed by atoms with E-state index in [1.807, 2.05) is 0 Å². The van der Waals surface area contributed by atoms with E-state index in [9.17, 15) is 18.7 Å². The molecular weight excluding hydrogens is 336 g/mol. The van der Waals surface area contributed by atoms with Crippen LogP contribution in [0.1, 0.15) is 44.4 Å². The van der Waals surface area contributed by atoms with Gasteiger partial charge in [0.05, 0.1) is 6.10 Å². The summed E-state index contributed by atoms with van der Waals surface area (Å²) in [5.74, 6) is -0.450. The monoisotopic (exact) mass is 357 g/mol. The van der Waals surface area contributed by atoms with Crippen LogP contribution in [0, 0.1) is 5.41 Å². The summed E-state index contributed by atoms with van der Waals surface area (Å²) in [6, 6.07) is 2.79. The molecular formula is C17H21F2NO5. The van der Waals surface area contributed by atoms with Gasteiger partial charge in [-0.3, -0.25) is 0 Å². The fourth-order valence-electron chi connectivity index (χ4n) is 2.61. The van der Waals surface area contributed by atoms with E-state index in [2.05, 4.69) is 16.1 Å². The Morgan fingerprint density at radius 3 is 2.60 bits per heavy atom. The summed E-state index contributed by atoms with van der Waals surface area (Å²) in [7, 11) is 0. The number of primary amides is 1. The molecule has 2 atom stereocenters. The highest BCUT2D eigenvalue weighted by atomic mass is 19.3. The summed E-state index contributed by atoms with van der Waals surface area (Å²) in [5, 5.41) is 10.7. The van der Waals surface area contributed by atoms with Gasteiger partial charge < -0.3 is 25.1 Å². The first-order valence-electron chi connectivity index (χ1n) is 7.64. The van der Waals surface area contributed by atoms with Gasteiger partial charge in [0.15, 0.2) is 11.5 Å². The van der Waals surface area contributed by atoms with Gasteiger partial charge in [0.25, 0.3) is 0 Å². The van der Waals surface area contributed by atoms with Crippen molar-refractivity contribution in [3.8, 4) is 11.5 Å². The molecule has 8 heteroatoms. The molecule has 0 aliphatic carbocycles. The minimum absolute atomic E-state index is 0.0708. The number of alkyl halides is 2. The summed E-state index contributed by atoms with van der Waals surface area (Å²) in [5.41, 5.74) is 5.04. The molecule has 1 heterocycles. The molecule has 2 rings (SSSR count). The first-order chi connectivity index (χ1) is 11.4. The molecule has 6 nitrogen and oxygen atoms in total. The quantitative estimate of drug-likeness (QED) is 0.840. The lowest BCUT2D eigenvalue weighted by molar-refractivity contribution is -0.287. The van der Waals surface area contributed by atoms with E-state index >= 15 is 0 Å². The zero-order valence-electron chi connectivity index (χ0n) is 14.2. The highest BCUT2D eigenvalue weighted by molar-refractivity contribution is 5.65. The van der Waals surface area contributed by atoms with E-state index in [1.165, 1.54) is 18.2 Å². The molecule has 0 saturated heterocycles. The Balaban J connectivity index is 2.39. The lowest BCUT2D eigenvalue weighted by Gasteiger charge is -2.31.